The number of hydrogen-bond acceptors (Lipinski definition) is 5. The number of carbonyl (C=O) groups is 2. The summed E-state index contributed by atoms with van der Waals surface area (Å²) in [6.07, 6.45) is 1.23. The van der Waals surface area contributed by atoms with E-state index in [0.717, 1.165) is 4.90 Å². The third-order valence-electron chi connectivity index (χ3n) is 2.84. The Morgan fingerprint density at radius 3 is 2.75 bits per heavy atom. The van der Waals surface area contributed by atoms with E-state index < -0.39 is 16.7 Å². The van der Waals surface area contributed by atoms with E-state index in [4.69, 9.17) is 4.74 Å². The van der Waals surface area contributed by atoms with Crippen LogP contribution in [0.2, 0.25) is 0 Å². The Kier molecular flexibility index (Phi) is 3.51. The first kappa shape index (κ1) is 13.7. The van der Waals surface area contributed by atoms with Crippen LogP contribution in [-0.4, -0.2) is 23.3 Å². The molecule has 0 spiro atoms. The topological polar surface area (TPSA) is 89.8 Å². The highest BCUT2D eigenvalue weighted by Crippen LogP contribution is 2.38. The van der Waals surface area contributed by atoms with Crippen molar-refractivity contribution in [3.63, 3.8) is 0 Å². The van der Waals surface area contributed by atoms with Gasteiger partial charge in [-0.3, -0.25) is 19.7 Å². The maximum absolute atomic E-state index is 12.2. The number of carbonyl (C=O) groups excluding carboxylic acids is 2. The summed E-state index contributed by atoms with van der Waals surface area (Å²) in [5.74, 6) is -0.994. The van der Waals surface area contributed by atoms with Crippen LogP contribution in [0.4, 0.5) is 11.4 Å². The molecule has 0 radical (unpaired) electrons. The molecule has 0 aliphatic carbocycles. The maximum Gasteiger partial charge on any atom is 0.270 e. The van der Waals surface area contributed by atoms with Gasteiger partial charge in [-0.1, -0.05) is 0 Å². The Bertz CT molecular complexity index is 636. The smallest absolute Gasteiger partial charge is 0.270 e. The highest BCUT2D eigenvalue weighted by atomic mass is 16.6. The largest absolute Gasteiger partial charge is 0.501 e. The molecule has 2 amide bonds. The van der Waals surface area contributed by atoms with Crippen molar-refractivity contribution in [1.82, 2.24) is 0 Å². The van der Waals surface area contributed by atoms with Gasteiger partial charge in [0, 0.05) is 24.6 Å². The Labute approximate surface area is 114 Å². The molecule has 0 atom stereocenters. The monoisotopic (exact) mass is 276 g/mol. The van der Waals surface area contributed by atoms with Crippen LogP contribution >= 0.6 is 0 Å². The van der Waals surface area contributed by atoms with Gasteiger partial charge in [0.15, 0.2) is 0 Å². The third-order valence-corrected chi connectivity index (χ3v) is 2.84. The van der Waals surface area contributed by atoms with Crippen molar-refractivity contribution >= 4 is 28.8 Å². The molecular formula is C13H12N2O5. The van der Waals surface area contributed by atoms with Crippen molar-refractivity contribution in [3.8, 4) is 0 Å². The zero-order valence-electron chi connectivity index (χ0n) is 11.0. The van der Waals surface area contributed by atoms with Crippen LogP contribution in [0.5, 0.6) is 0 Å². The Morgan fingerprint density at radius 1 is 1.50 bits per heavy atom. The molecule has 0 N–H and O–H groups in total. The highest BCUT2D eigenvalue weighted by Gasteiger charge is 2.36. The number of imide groups is 1. The minimum Gasteiger partial charge on any atom is -0.501 e. The molecule has 0 unspecified atom stereocenters. The number of nitrogens with zero attached hydrogens (tertiary/aromatic N) is 2. The number of anilines is 1. The average molecular weight is 276 g/mol. The number of amides is 2. The van der Waals surface area contributed by atoms with E-state index in [1.807, 2.05) is 0 Å². The lowest BCUT2D eigenvalue weighted by Crippen LogP contribution is -2.31. The molecule has 1 aliphatic rings. The fourth-order valence-corrected chi connectivity index (χ4v) is 1.99. The Morgan fingerprint density at radius 2 is 2.20 bits per heavy atom. The lowest BCUT2D eigenvalue weighted by molar-refractivity contribution is -0.384. The fraction of sp³-hybridized carbons (Fsp3) is 0.231. The second-order valence-corrected chi connectivity index (χ2v) is 4.11. The summed E-state index contributed by atoms with van der Waals surface area (Å²) in [5.41, 5.74) is 0.650. The molecule has 1 heterocycles. The fourth-order valence-electron chi connectivity index (χ4n) is 1.99. The van der Waals surface area contributed by atoms with Gasteiger partial charge in [-0.2, -0.15) is 0 Å². The highest BCUT2D eigenvalue weighted by molar-refractivity contribution is 6.39. The van der Waals surface area contributed by atoms with Gasteiger partial charge in [0.2, 0.25) is 5.91 Å². The quantitative estimate of drug-likeness (QED) is 0.364. The number of benzene rings is 1. The van der Waals surface area contributed by atoms with Crippen LogP contribution in [0.3, 0.4) is 0 Å². The third kappa shape index (κ3) is 2.13. The van der Waals surface area contributed by atoms with Crippen LogP contribution in [0, 0.1) is 10.1 Å². The molecule has 1 aliphatic heterocycles. The summed E-state index contributed by atoms with van der Waals surface area (Å²) >= 11 is 0. The van der Waals surface area contributed by atoms with E-state index in [0.29, 0.717) is 17.9 Å². The molecule has 2 rings (SSSR count). The maximum atomic E-state index is 12.2. The second kappa shape index (κ2) is 5.12. The average Bonchev–Trinajstić information content (AvgIpc) is 2.67. The van der Waals surface area contributed by atoms with Crippen LogP contribution < -0.4 is 4.90 Å². The SMILES string of the molecule is CCO/C=C1\C(=O)N(C(C)=O)c2ccc([N+](=O)[O-])cc21. The predicted octanol–water partition coefficient (Wildman–Crippen LogP) is 1.87. The number of non-ortho nitro benzene ring substituents is 1. The predicted molar refractivity (Wildman–Crippen MR) is 70.9 cm³/mol. The van der Waals surface area contributed by atoms with E-state index in [9.17, 15) is 19.7 Å². The first-order chi connectivity index (χ1) is 9.47. The van der Waals surface area contributed by atoms with Gasteiger partial charge < -0.3 is 4.74 Å². The molecule has 7 nitrogen and oxygen atoms in total. The van der Waals surface area contributed by atoms with E-state index in [1.54, 1.807) is 6.92 Å². The van der Waals surface area contributed by atoms with Gasteiger partial charge in [0.1, 0.15) is 0 Å². The van der Waals surface area contributed by atoms with E-state index >= 15 is 0 Å². The molecule has 1 aromatic rings. The lowest BCUT2D eigenvalue weighted by Gasteiger charge is -2.11. The van der Waals surface area contributed by atoms with E-state index in [1.165, 1.54) is 31.4 Å². The van der Waals surface area contributed by atoms with Gasteiger partial charge in [-0.25, -0.2) is 4.90 Å². The molecule has 7 heteroatoms. The molecule has 0 fully saturated rings. The normalized spacial score (nSPS) is 15.4. The summed E-state index contributed by atoms with van der Waals surface area (Å²) in [5, 5.41) is 10.8. The zero-order valence-corrected chi connectivity index (χ0v) is 11.0. The molecule has 1 aromatic carbocycles. The number of ether oxygens (including phenoxy) is 1. The standard InChI is InChI=1S/C13H12N2O5/c1-3-20-7-11-10-6-9(15(18)19)4-5-12(10)14(8(2)16)13(11)17/h4-7H,3H2,1-2H3/b11-7-. The van der Waals surface area contributed by atoms with Crippen molar-refractivity contribution in [2.24, 2.45) is 0 Å². The van der Waals surface area contributed by atoms with Gasteiger partial charge in [-0.15, -0.1) is 0 Å². The Hall–Kier alpha value is -2.70. The summed E-state index contributed by atoms with van der Waals surface area (Å²) < 4.78 is 5.08. The summed E-state index contributed by atoms with van der Waals surface area (Å²) in [6.45, 7) is 3.35. The summed E-state index contributed by atoms with van der Waals surface area (Å²) in [6, 6.07) is 3.91. The van der Waals surface area contributed by atoms with Gasteiger partial charge in [0.05, 0.1) is 29.1 Å². The minimum absolute atomic E-state index is 0.140. The van der Waals surface area contributed by atoms with E-state index in [-0.39, 0.29) is 11.3 Å². The molecule has 0 saturated heterocycles. The van der Waals surface area contributed by atoms with Crippen LogP contribution in [0.25, 0.3) is 5.57 Å². The van der Waals surface area contributed by atoms with Gasteiger partial charge >= 0.3 is 0 Å². The number of hydrogen-bond donors (Lipinski definition) is 0. The van der Waals surface area contributed by atoms with Gasteiger partial charge in [-0.05, 0) is 13.0 Å². The van der Waals surface area contributed by atoms with Gasteiger partial charge in [0.25, 0.3) is 11.6 Å². The van der Waals surface area contributed by atoms with Crippen molar-refractivity contribution in [1.29, 1.82) is 0 Å². The summed E-state index contributed by atoms with van der Waals surface area (Å²) in [7, 11) is 0. The zero-order chi connectivity index (χ0) is 14.9. The Balaban J connectivity index is 2.61. The number of nitro benzene ring substituents is 1. The summed E-state index contributed by atoms with van der Waals surface area (Å²) in [4.78, 5) is 35.0. The second-order valence-electron chi connectivity index (χ2n) is 4.11. The molecule has 104 valence electrons. The minimum atomic E-state index is -0.556. The molecule has 0 bridgehead atoms. The molecule has 0 saturated carbocycles. The van der Waals surface area contributed by atoms with E-state index in [2.05, 4.69) is 0 Å². The number of fused-ring (bicyclic) bond motifs is 1. The number of rotatable bonds is 3. The van der Waals surface area contributed by atoms with Crippen LogP contribution in [0.1, 0.15) is 19.4 Å². The molecule has 20 heavy (non-hydrogen) atoms. The van der Waals surface area contributed by atoms with Crippen LogP contribution in [0.15, 0.2) is 24.5 Å². The lowest BCUT2D eigenvalue weighted by atomic mass is 10.1. The number of nitro groups is 1. The molecular weight excluding hydrogens is 264 g/mol. The first-order valence-electron chi connectivity index (χ1n) is 5.93. The van der Waals surface area contributed by atoms with Crippen molar-refractivity contribution in [2.45, 2.75) is 13.8 Å². The van der Waals surface area contributed by atoms with Crippen LogP contribution in [-0.2, 0) is 14.3 Å². The van der Waals surface area contributed by atoms with Crippen molar-refractivity contribution in [3.05, 3.63) is 40.1 Å². The molecule has 0 aromatic heterocycles. The van der Waals surface area contributed by atoms with Crippen molar-refractivity contribution < 1.29 is 19.2 Å². The van der Waals surface area contributed by atoms with Crippen molar-refractivity contribution in [2.75, 3.05) is 11.5 Å². The first-order valence-corrected chi connectivity index (χ1v) is 5.93.